The van der Waals surface area contributed by atoms with E-state index in [4.69, 9.17) is 25.8 Å². The first-order valence-electron chi connectivity index (χ1n) is 9.98. The third kappa shape index (κ3) is 5.01. The molecule has 0 spiro atoms. The van der Waals surface area contributed by atoms with Gasteiger partial charge in [0.15, 0.2) is 0 Å². The van der Waals surface area contributed by atoms with Crippen LogP contribution in [0.15, 0.2) is 42.5 Å². The molecule has 2 aromatic carbocycles. The lowest BCUT2D eigenvalue weighted by Gasteiger charge is -2.31. The van der Waals surface area contributed by atoms with Gasteiger partial charge in [-0.25, -0.2) is 0 Å². The molecule has 0 aliphatic carbocycles. The Morgan fingerprint density at radius 1 is 1.14 bits per heavy atom. The second-order valence-electron chi connectivity index (χ2n) is 7.16. The molecule has 2 fully saturated rings. The first-order valence-corrected chi connectivity index (χ1v) is 10.4. The van der Waals surface area contributed by atoms with E-state index in [1.165, 1.54) is 0 Å². The molecule has 4 rings (SSSR count). The number of nitrogens with zero attached hydrogens (tertiary/aromatic N) is 1. The summed E-state index contributed by atoms with van der Waals surface area (Å²) in [5.41, 5.74) is 2.09. The van der Waals surface area contributed by atoms with E-state index in [2.05, 4.69) is 10.2 Å². The summed E-state index contributed by atoms with van der Waals surface area (Å²) in [5, 5.41) is 3.61. The highest BCUT2D eigenvalue weighted by atomic mass is 35.5. The number of anilines is 2. The van der Waals surface area contributed by atoms with Crippen LogP contribution in [0, 0.1) is 0 Å². The summed E-state index contributed by atoms with van der Waals surface area (Å²) in [6.07, 6.45) is 2.29. The number of ether oxygens (including phenoxy) is 3. The Bertz CT molecular complexity index is 831. The lowest BCUT2D eigenvalue weighted by molar-refractivity contribution is 0.0679. The van der Waals surface area contributed by atoms with Crippen molar-refractivity contribution in [2.75, 3.05) is 49.7 Å². The van der Waals surface area contributed by atoms with Crippen molar-refractivity contribution in [3.8, 4) is 5.75 Å². The molecule has 0 aromatic heterocycles. The van der Waals surface area contributed by atoms with E-state index in [9.17, 15) is 4.79 Å². The van der Waals surface area contributed by atoms with Gasteiger partial charge in [0.2, 0.25) is 0 Å². The molecule has 2 saturated heterocycles. The number of benzene rings is 2. The highest BCUT2D eigenvalue weighted by Crippen LogP contribution is 2.34. The van der Waals surface area contributed by atoms with Crippen LogP contribution in [0.1, 0.15) is 23.2 Å². The van der Waals surface area contributed by atoms with Crippen molar-refractivity contribution in [3.05, 3.63) is 53.1 Å². The summed E-state index contributed by atoms with van der Waals surface area (Å²) in [6, 6.07) is 12.7. The third-order valence-corrected chi connectivity index (χ3v) is 5.44. The van der Waals surface area contributed by atoms with E-state index < -0.39 is 0 Å². The van der Waals surface area contributed by atoms with Crippen LogP contribution in [0.5, 0.6) is 5.75 Å². The van der Waals surface area contributed by atoms with E-state index >= 15 is 0 Å². The van der Waals surface area contributed by atoms with Crippen LogP contribution >= 0.6 is 11.6 Å². The second-order valence-corrected chi connectivity index (χ2v) is 7.57. The summed E-state index contributed by atoms with van der Waals surface area (Å²) >= 11 is 6.44. The molecular weight excluding hydrogens is 392 g/mol. The Kier molecular flexibility index (Phi) is 6.54. The van der Waals surface area contributed by atoms with Gasteiger partial charge in [0.05, 0.1) is 35.7 Å². The largest absolute Gasteiger partial charge is 0.491 e. The van der Waals surface area contributed by atoms with Crippen LogP contribution in [0.2, 0.25) is 5.02 Å². The Labute approximate surface area is 175 Å². The van der Waals surface area contributed by atoms with Crippen LogP contribution in [0.4, 0.5) is 11.4 Å². The van der Waals surface area contributed by atoms with Gasteiger partial charge in [-0.05, 0) is 49.2 Å². The SMILES string of the molecule is O=C(Nc1cccc(Cl)c1N1CCOCC1)c1ccc(OCC2CCCO2)cc1. The van der Waals surface area contributed by atoms with Gasteiger partial charge in [0.1, 0.15) is 12.4 Å². The van der Waals surface area contributed by atoms with E-state index in [-0.39, 0.29) is 12.0 Å². The highest BCUT2D eigenvalue weighted by molar-refractivity contribution is 6.34. The monoisotopic (exact) mass is 416 g/mol. The van der Waals surface area contributed by atoms with E-state index in [1.54, 1.807) is 12.1 Å². The predicted octanol–water partition coefficient (Wildman–Crippen LogP) is 3.99. The molecule has 2 aliphatic rings. The fourth-order valence-corrected chi connectivity index (χ4v) is 3.88. The lowest BCUT2D eigenvalue weighted by atomic mass is 10.1. The topological polar surface area (TPSA) is 60.0 Å². The van der Waals surface area contributed by atoms with Gasteiger partial charge < -0.3 is 24.4 Å². The van der Waals surface area contributed by atoms with Crippen molar-refractivity contribution >= 4 is 28.9 Å². The standard InChI is InChI=1S/C22H25ClN2O4/c23-19-4-1-5-20(21(19)25-10-13-27-14-11-25)24-22(26)16-6-8-17(9-7-16)29-15-18-3-2-12-28-18/h1,4-9,18H,2-3,10-15H2,(H,24,26). The summed E-state index contributed by atoms with van der Waals surface area (Å²) < 4.78 is 16.7. The smallest absolute Gasteiger partial charge is 0.255 e. The van der Waals surface area contributed by atoms with Crippen molar-refractivity contribution in [1.29, 1.82) is 0 Å². The Balaban J connectivity index is 1.42. The van der Waals surface area contributed by atoms with Gasteiger partial charge in [-0.1, -0.05) is 17.7 Å². The number of para-hydroxylation sites is 1. The summed E-state index contributed by atoms with van der Waals surface area (Å²) in [5.74, 6) is 0.543. The van der Waals surface area contributed by atoms with Gasteiger partial charge in [-0.15, -0.1) is 0 Å². The van der Waals surface area contributed by atoms with Crippen molar-refractivity contribution in [2.24, 2.45) is 0 Å². The molecule has 0 saturated carbocycles. The first kappa shape index (κ1) is 20.0. The molecule has 154 valence electrons. The van der Waals surface area contributed by atoms with Crippen molar-refractivity contribution < 1.29 is 19.0 Å². The fourth-order valence-electron chi connectivity index (χ4n) is 3.59. The molecule has 6 nitrogen and oxygen atoms in total. The maximum absolute atomic E-state index is 12.8. The lowest BCUT2D eigenvalue weighted by Crippen LogP contribution is -2.37. The number of rotatable bonds is 6. The van der Waals surface area contributed by atoms with Gasteiger partial charge in [0, 0.05) is 25.3 Å². The summed E-state index contributed by atoms with van der Waals surface area (Å²) in [4.78, 5) is 14.9. The second kappa shape index (κ2) is 9.48. The minimum absolute atomic E-state index is 0.166. The molecule has 29 heavy (non-hydrogen) atoms. The molecule has 7 heteroatoms. The Hall–Kier alpha value is -2.28. The number of halogens is 1. The minimum Gasteiger partial charge on any atom is -0.491 e. The van der Waals surface area contributed by atoms with Gasteiger partial charge in [-0.3, -0.25) is 4.79 Å². The molecule has 0 radical (unpaired) electrons. The zero-order valence-electron chi connectivity index (χ0n) is 16.2. The average molecular weight is 417 g/mol. The van der Waals surface area contributed by atoms with E-state index in [0.717, 1.165) is 44.0 Å². The number of hydrogen-bond donors (Lipinski definition) is 1. The zero-order chi connectivity index (χ0) is 20.1. The van der Waals surface area contributed by atoms with E-state index in [1.807, 2.05) is 30.3 Å². The fraction of sp³-hybridized carbons (Fsp3) is 0.409. The number of carbonyl (C=O) groups excluding carboxylic acids is 1. The predicted molar refractivity (Wildman–Crippen MR) is 113 cm³/mol. The first-order chi connectivity index (χ1) is 14.2. The number of carbonyl (C=O) groups is 1. The van der Waals surface area contributed by atoms with Crippen LogP contribution in [-0.4, -0.2) is 51.5 Å². The normalized spacial score (nSPS) is 19.2. The maximum Gasteiger partial charge on any atom is 0.255 e. The quantitative estimate of drug-likeness (QED) is 0.771. The van der Waals surface area contributed by atoms with Crippen molar-refractivity contribution in [1.82, 2.24) is 0 Å². The van der Waals surface area contributed by atoms with Crippen LogP contribution in [0.3, 0.4) is 0 Å². The van der Waals surface area contributed by atoms with Gasteiger partial charge in [-0.2, -0.15) is 0 Å². The van der Waals surface area contributed by atoms with Crippen molar-refractivity contribution in [3.63, 3.8) is 0 Å². The highest BCUT2D eigenvalue weighted by Gasteiger charge is 2.20. The number of morpholine rings is 1. The summed E-state index contributed by atoms with van der Waals surface area (Å²) in [6.45, 7) is 4.12. The van der Waals surface area contributed by atoms with Crippen LogP contribution in [0.25, 0.3) is 0 Å². The third-order valence-electron chi connectivity index (χ3n) is 5.14. The summed E-state index contributed by atoms with van der Waals surface area (Å²) in [7, 11) is 0. The molecule has 0 bridgehead atoms. The molecule has 1 unspecified atom stereocenters. The number of nitrogens with one attached hydrogen (secondary N) is 1. The molecule has 1 N–H and O–H groups in total. The van der Waals surface area contributed by atoms with Crippen LogP contribution in [-0.2, 0) is 9.47 Å². The van der Waals surface area contributed by atoms with Crippen LogP contribution < -0.4 is 15.0 Å². The Morgan fingerprint density at radius 2 is 1.93 bits per heavy atom. The molecule has 1 amide bonds. The average Bonchev–Trinajstić information content (AvgIpc) is 3.27. The zero-order valence-corrected chi connectivity index (χ0v) is 17.0. The molecule has 2 heterocycles. The van der Waals surface area contributed by atoms with Crippen molar-refractivity contribution in [2.45, 2.75) is 18.9 Å². The number of amides is 1. The number of hydrogen-bond acceptors (Lipinski definition) is 5. The van der Waals surface area contributed by atoms with Gasteiger partial charge >= 0.3 is 0 Å². The maximum atomic E-state index is 12.8. The van der Waals surface area contributed by atoms with E-state index in [0.29, 0.717) is 36.1 Å². The Morgan fingerprint density at radius 3 is 2.66 bits per heavy atom. The molecular formula is C22H25ClN2O4. The molecule has 2 aliphatic heterocycles. The van der Waals surface area contributed by atoms with Gasteiger partial charge in [0.25, 0.3) is 5.91 Å². The molecule has 1 atom stereocenters. The molecule has 2 aromatic rings. The minimum atomic E-state index is -0.188.